The highest BCUT2D eigenvalue weighted by Crippen LogP contribution is 2.30. The molecule has 2 nitrogen and oxygen atoms in total. The highest BCUT2D eigenvalue weighted by molar-refractivity contribution is 6.32. The third-order valence-electron chi connectivity index (χ3n) is 1.22. The van der Waals surface area contributed by atoms with Gasteiger partial charge in [0.1, 0.15) is 11.5 Å². The summed E-state index contributed by atoms with van der Waals surface area (Å²) >= 11 is 5.59. The molecule has 0 fully saturated rings. The van der Waals surface area contributed by atoms with E-state index in [-0.39, 0.29) is 16.5 Å². The summed E-state index contributed by atoms with van der Waals surface area (Å²) in [6.07, 6.45) is 0. The number of hydrogen-bond acceptors (Lipinski definition) is 2. The molecule has 0 unspecified atom stereocenters. The Balaban J connectivity index is 3.31. The molecule has 0 heterocycles. The van der Waals surface area contributed by atoms with Crippen molar-refractivity contribution in [1.82, 2.24) is 0 Å². The van der Waals surface area contributed by atoms with Crippen LogP contribution in [0.3, 0.4) is 0 Å². The third-order valence-corrected chi connectivity index (χ3v) is 1.71. The molecule has 0 amide bonds. The van der Waals surface area contributed by atoms with Crippen molar-refractivity contribution in [3.63, 3.8) is 0 Å². The Hall–Kier alpha value is -0.890. The average Bonchev–Trinajstić information content (AvgIpc) is 1.82. The standard InChI is InChI=1S/C7H7ClO2/c1-4-2-5(9)3-6(10)7(4)8/h2-3,9-10H,1H3. The summed E-state index contributed by atoms with van der Waals surface area (Å²) in [6.45, 7) is 1.71. The highest BCUT2D eigenvalue weighted by Gasteiger charge is 2.02. The van der Waals surface area contributed by atoms with Crippen molar-refractivity contribution in [3.8, 4) is 11.5 Å². The van der Waals surface area contributed by atoms with E-state index in [1.165, 1.54) is 12.1 Å². The van der Waals surface area contributed by atoms with E-state index < -0.39 is 0 Å². The molecule has 1 rings (SSSR count). The molecule has 0 spiro atoms. The molecule has 0 aromatic heterocycles. The second kappa shape index (κ2) is 2.39. The first-order valence-corrected chi connectivity index (χ1v) is 3.17. The van der Waals surface area contributed by atoms with Crippen LogP contribution in [0.5, 0.6) is 11.5 Å². The number of aryl methyl sites for hydroxylation is 1. The summed E-state index contributed by atoms with van der Waals surface area (Å²) in [5, 5.41) is 18.2. The zero-order valence-corrected chi connectivity index (χ0v) is 6.18. The van der Waals surface area contributed by atoms with Gasteiger partial charge in [0.25, 0.3) is 0 Å². The van der Waals surface area contributed by atoms with Crippen LogP contribution in [0.1, 0.15) is 5.56 Å². The molecule has 10 heavy (non-hydrogen) atoms. The van der Waals surface area contributed by atoms with Crippen LogP contribution in [-0.2, 0) is 0 Å². The van der Waals surface area contributed by atoms with E-state index in [1.807, 2.05) is 0 Å². The number of benzene rings is 1. The molecule has 0 atom stereocenters. The summed E-state index contributed by atoms with van der Waals surface area (Å²) in [5.41, 5.74) is 0.666. The zero-order valence-electron chi connectivity index (χ0n) is 5.43. The van der Waals surface area contributed by atoms with Crippen LogP contribution < -0.4 is 0 Å². The van der Waals surface area contributed by atoms with Crippen LogP contribution in [0, 0.1) is 6.92 Å². The van der Waals surface area contributed by atoms with Crippen molar-refractivity contribution < 1.29 is 10.2 Å². The molecule has 0 saturated carbocycles. The second-order valence-electron chi connectivity index (χ2n) is 2.10. The predicted molar refractivity (Wildman–Crippen MR) is 39.5 cm³/mol. The second-order valence-corrected chi connectivity index (χ2v) is 2.47. The fourth-order valence-corrected chi connectivity index (χ4v) is 0.841. The van der Waals surface area contributed by atoms with Crippen molar-refractivity contribution in [2.24, 2.45) is 0 Å². The highest BCUT2D eigenvalue weighted by atomic mass is 35.5. The van der Waals surface area contributed by atoms with Crippen LogP contribution in [0.15, 0.2) is 12.1 Å². The van der Waals surface area contributed by atoms with Gasteiger partial charge in [0, 0.05) is 6.07 Å². The first kappa shape index (κ1) is 7.22. The van der Waals surface area contributed by atoms with Crippen molar-refractivity contribution in [2.45, 2.75) is 6.92 Å². The first-order chi connectivity index (χ1) is 4.61. The van der Waals surface area contributed by atoms with E-state index in [0.29, 0.717) is 5.56 Å². The maximum absolute atomic E-state index is 8.99. The van der Waals surface area contributed by atoms with Crippen LogP contribution in [0.4, 0.5) is 0 Å². The van der Waals surface area contributed by atoms with Gasteiger partial charge in [-0.25, -0.2) is 0 Å². The van der Waals surface area contributed by atoms with Gasteiger partial charge in [-0.05, 0) is 18.6 Å². The Kier molecular flexibility index (Phi) is 1.72. The maximum Gasteiger partial charge on any atom is 0.138 e. The van der Waals surface area contributed by atoms with E-state index in [0.717, 1.165) is 0 Å². The van der Waals surface area contributed by atoms with Gasteiger partial charge in [0.05, 0.1) is 5.02 Å². The summed E-state index contributed by atoms with van der Waals surface area (Å²) in [6, 6.07) is 2.69. The maximum atomic E-state index is 8.99. The Bertz CT molecular complexity index is 235. The molecule has 0 aliphatic heterocycles. The zero-order chi connectivity index (χ0) is 7.72. The normalized spacial score (nSPS) is 9.80. The van der Waals surface area contributed by atoms with Crippen LogP contribution in [0.2, 0.25) is 5.02 Å². The Morgan fingerprint density at radius 2 is 1.90 bits per heavy atom. The lowest BCUT2D eigenvalue weighted by Crippen LogP contribution is -1.75. The number of halogens is 1. The van der Waals surface area contributed by atoms with Gasteiger partial charge in [-0.3, -0.25) is 0 Å². The molecule has 0 bridgehead atoms. The number of phenols is 2. The molecule has 0 saturated heterocycles. The van der Waals surface area contributed by atoms with Gasteiger partial charge >= 0.3 is 0 Å². The van der Waals surface area contributed by atoms with E-state index in [2.05, 4.69) is 0 Å². The number of phenolic OH excluding ortho intramolecular Hbond substituents is 2. The SMILES string of the molecule is Cc1cc(O)cc(O)c1Cl. The molecule has 54 valence electrons. The van der Waals surface area contributed by atoms with Crippen LogP contribution in [0.25, 0.3) is 0 Å². The number of rotatable bonds is 0. The Labute approximate surface area is 63.7 Å². The molecule has 1 aromatic carbocycles. The number of aromatic hydroxyl groups is 2. The van der Waals surface area contributed by atoms with Crippen molar-refractivity contribution in [3.05, 3.63) is 22.7 Å². The molecular formula is C7H7ClO2. The van der Waals surface area contributed by atoms with Crippen LogP contribution >= 0.6 is 11.6 Å². The molecule has 2 N–H and O–H groups in total. The predicted octanol–water partition coefficient (Wildman–Crippen LogP) is 2.06. The largest absolute Gasteiger partial charge is 0.508 e. The van der Waals surface area contributed by atoms with Gasteiger partial charge in [0.2, 0.25) is 0 Å². The van der Waals surface area contributed by atoms with Gasteiger partial charge in [-0.1, -0.05) is 11.6 Å². The summed E-state index contributed by atoms with van der Waals surface area (Å²) in [5.74, 6) is -0.0569. The Morgan fingerprint density at radius 3 is 2.40 bits per heavy atom. The molecule has 0 radical (unpaired) electrons. The van der Waals surface area contributed by atoms with Crippen LogP contribution in [-0.4, -0.2) is 10.2 Å². The van der Waals surface area contributed by atoms with Gasteiger partial charge < -0.3 is 10.2 Å². The minimum atomic E-state index is -0.0841. The lowest BCUT2D eigenvalue weighted by Gasteiger charge is -2.00. The summed E-state index contributed by atoms with van der Waals surface area (Å²) in [4.78, 5) is 0. The van der Waals surface area contributed by atoms with Crippen molar-refractivity contribution in [1.29, 1.82) is 0 Å². The van der Waals surface area contributed by atoms with E-state index in [1.54, 1.807) is 6.92 Å². The van der Waals surface area contributed by atoms with E-state index in [4.69, 9.17) is 21.8 Å². The average molecular weight is 159 g/mol. The fourth-order valence-electron chi connectivity index (χ4n) is 0.732. The van der Waals surface area contributed by atoms with Crippen molar-refractivity contribution >= 4 is 11.6 Å². The quantitative estimate of drug-likeness (QED) is 0.607. The number of hydrogen-bond donors (Lipinski definition) is 2. The lowest BCUT2D eigenvalue weighted by atomic mass is 10.2. The van der Waals surface area contributed by atoms with E-state index >= 15 is 0 Å². The van der Waals surface area contributed by atoms with Crippen molar-refractivity contribution in [2.75, 3.05) is 0 Å². The lowest BCUT2D eigenvalue weighted by molar-refractivity contribution is 0.450. The Morgan fingerprint density at radius 1 is 1.30 bits per heavy atom. The fraction of sp³-hybridized carbons (Fsp3) is 0.143. The minimum absolute atomic E-state index is 0.0272. The molecule has 0 aliphatic carbocycles. The topological polar surface area (TPSA) is 40.5 Å². The molecule has 1 aromatic rings. The monoisotopic (exact) mass is 158 g/mol. The van der Waals surface area contributed by atoms with E-state index in [9.17, 15) is 0 Å². The first-order valence-electron chi connectivity index (χ1n) is 2.79. The van der Waals surface area contributed by atoms with Gasteiger partial charge in [-0.15, -0.1) is 0 Å². The molecule has 3 heteroatoms. The summed E-state index contributed by atoms with van der Waals surface area (Å²) in [7, 11) is 0. The van der Waals surface area contributed by atoms with Gasteiger partial charge in [-0.2, -0.15) is 0 Å². The molecular weight excluding hydrogens is 152 g/mol. The summed E-state index contributed by atoms with van der Waals surface area (Å²) < 4.78 is 0. The molecule has 0 aliphatic rings. The minimum Gasteiger partial charge on any atom is -0.508 e. The smallest absolute Gasteiger partial charge is 0.138 e. The van der Waals surface area contributed by atoms with Gasteiger partial charge in [0.15, 0.2) is 0 Å². The third kappa shape index (κ3) is 1.16.